The van der Waals surface area contributed by atoms with Crippen LogP contribution in [0.5, 0.6) is 5.75 Å². The lowest BCUT2D eigenvalue weighted by atomic mass is 9.78. The zero-order chi connectivity index (χ0) is 19.1. The number of nitrogens with zero attached hydrogens (tertiary/aromatic N) is 1. The van der Waals surface area contributed by atoms with Crippen LogP contribution >= 0.6 is 12.2 Å². The van der Waals surface area contributed by atoms with Gasteiger partial charge in [0.05, 0.1) is 11.6 Å². The van der Waals surface area contributed by atoms with Crippen LogP contribution in [0.4, 0.5) is 0 Å². The predicted molar refractivity (Wildman–Crippen MR) is 104 cm³/mol. The number of hydrogen-bond acceptors (Lipinski definition) is 4. The number of carbonyl (C=O) groups excluding carboxylic acids is 1. The first-order chi connectivity index (χ1) is 12.4. The van der Waals surface area contributed by atoms with Gasteiger partial charge in [-0.2, -0.15) is 5.26 Å². The SMILES string of the molecule is C[C@@H]1[C@@H](C)CCC[C@H]1NC(=S)NNC(=O)[C@@H](C)Oc1ccc(C#N)cc1. The van der Waals surface area contributed by atoms with E-state index in [0.29, 0.717) is 34.3 Å². The van der Waals surface area contributed by atoms with E-state index in [0.717, 1.165) is 6.42 Å². The lowest BCUT2D eigenvalue weighted by Gasteiger charge is -2.35. The summed E-state index contributed by atoms with van der Waals surface area (Å²) < 4.78 is 5.56. The van der Waals surface area contributed by atoms with Gasteiger partial charge >= 0.3 is 0 Å². The molecule has 6 nitrogen and oxygen atoms in total. The number of nitriles is 1. The zero-order valence-corrected chi connectivity index (χ0v) is 16.2. The molecule has 2 rings (SSSR count). The molecule has 3 N–H and O–H groups in total. The Morgan fingerprint density at radius 2 is 1.96 bits per heavy atom. The van der Waals surface area contributed by atoms with Gasteiger partial charge in [-0.05, 0) is 61.7 Å². The van der Waals surface area contributed by atoms with Crippen molar-refractivity contribution in [2.75, 3.05) is 0 Å². The lowest BCUT2D eigenvalue weighted by molar-refractivity contribution is -0.127. The van der Waals surface area contributed by atoms with Crippen LogP contribution in [0.15, 0.2) is 24.3 Å². The average Bonchev–Trinajstić information content (AvgIpc) is 2.64. The molecule has 0 bridgehead atoms. The Hall–Kier alpha value is -2.33. The van der Waals surface area contributed by atoms with Gasteiger partial charge in [-0.25, -0.2) is 0 Å². The number of nitrogens with one attached hydrogen (secondary N) is 3. The molecule has 1 aliphatic rings. The van der Waals surface area contributed by atoms with E-state index in [1.54, 1.807) is 31.2 Å². The fourth-order valence-corrected chi connectivity index (χ4v) is 3.28. The van der Waals surface area contributed by atoms with Crippen LogP contribution < -0.4 is 20.9 Å². The van der Waals surface area contributed by atoms with Crippen LogP contribution in [-0.4, -0.2) is 23.2 Å². The number of benzene rings is 1. The van der Waals surface area contributed by atoms with E-state index in [9.17, 15) is 4.79 Å². The number of hydrogen-bond donors (Lipinski definition) is 3. The van der Waals surface area contributed by atoms with E-state index in [1.807, 2.05) is 6.07 Å². The first-order valence-electron chi connectivity index (χ1n) is 8.94. The van der Waals surface area contributed by atoms with Crippen molar-refractivity contribution < 1.29 is 9.53 Å². The molecular formula is C19H26N4O2S. The predicted octanol–water partition coefficient (Wildman–Crippen LogP) is 2.65. The van der Waals surface area contributed by atoms with Gasteiger partial charge in [0, 0.05) is 6.04 Å². The first-order valence-corrected chi connectivity index (χ1v) is 9.34. The lowest BCUT2D eigenvalue weighted by Crippen LogP contribution is -2.54. The minimum absolute atomic E-state index is 0.322. The number of amides is 1. The van der Waals surface area contributed by atoms with Crippen LogP contribution in [0.3, 0.4) is 0 Å². The average molecular weight is 375 g/mol. The van der Waals surface area contributed by atoms with Crippen molar-refractivity contribution in [3.8, 4) is 11.8 Å². The third-order valence-electron chi connectivity index (χ3n) is 4.99. The molecule has 1 aliphatic carbocycles. The molecule has 1 aromatic carbocycles. The molecule has 0 aromatic heterocycles. The first kappa shape index (κ1) is 20.0. The van der Waals surface area contributed by atoms with Gasteiger partial charge < -0.3 is 10.1 Å². The molecule has 1 aromatic rings. The van der Waals surface area contributed by atoms with E-state index < -0.39 is 6.10 Å². The number of rotatable bonds is 4. The van der Waals surface area contributed by atoms with Crippen LogP contribution in [0.25, 0.3) is 0 Å². The third kappa shape index (κ3) is 5.60. The molecule has 0 aliphatic heterocycles. The van der Waals surface area contributed by atoms with Crippen LogP contribution in [0.1, 0.15) is 45.6 Å². The van der Waals surface area contributed by atoms with E-state index in [4.69, 9.17) is 22.2 Å². The van der Waals surface area contributed by atoms with E-state index >= 15 is 0 Å². The van der Waals surface area contributed by atoms with E-state index in [2.05, 4.69) is 30.0 Å². The summed E-state index contributed by atoms with van der Waals surface area (Å²) in [6.07, 6.45) is 2.82. The third-order valence-corrected chi connectivity index (χ3v) is 5.21. The molecule has 140 valence electrons. The maximum Gasteiger partial charge on any atom is 0.279 e. The second-order valence-corrected chi connectivity index (χ2v) is 7.27. The van der Waals surface area contributed by atoms with Crippen molar-refractivity contribution in [2.45, 2.75) is 52.2 Å². The monoisotopic (exact) mass is 374 g/mol. The van der Waals surface area contributed by atoms with E-state index in [1.165, 1.54) is 12.8 Å². The largest absolute Gasteiger partial charge is 0.481 e. The van der Waals surface area contributed by atoms with Gasteiger partial charge in [0.1, 0.15) is 5.75 Å². The second kappa shape index (κ2) is 9.39. The number of ether oxygens (including phenoxy) is 1. The van der Waals surface area contributed by atoms with E-state index in [-0.39, 0.29) is 5.91 Å². The van der Waals surface area contributed by atoms with Crippen molar-refractivity contribution in [2.24, 2.45) is 11.8 Å². The topological polar surface area (TPSA) is 86.2 Å². The Balaban J connectivity index is 1.76. The normalized spacial score (nSPS) is 23.2. The molecular weight excluding hydrogens is 348 g/mol. The summed E-state index contributed by atoms with van der Waals surface area (Å²) >= 11 is 5.28. The molecule has 1 fully saturated rings. The Kier molecular flexibility index (Phi) is 7.22. The van der Waals surface area contributed by atoms with Gasteiger partial charge in [0.2, 0.25) is 0 Å². The van der Waals surface area contributed by atoms with Crippen molar-refractivity contribution >= 4 is 23.2 Å². The van der Waals surface area contributed by atoms with Crippen LogP contribution in [0.2, 0.25) is 0 Å². The Morgan fingerprint density at radius 3 is 2.62 bits per heavy atom. The molecule has 1 amide bonds. The molecule has 1 saturated carbocycles. The maximum atomic E-state index is 12.1. The summed E-state index contributed by atoms with van der Waals surface area (Å²) in [7, 11) is 0. The molecule has 0 spiro atoms. The highest BCUT2D eigenvalue weighted by Gasteiger charge is 2.27. The van der Waals surface area contributed by atoms with Crippen LogP contribution in [-0.2, 0) is 4.79 Å². The minimum atomic E-state index is -0.702. The molecule has 26 heavy (non-hydrogen) atoms. The molecule has 0 radical (unpaired) electrons. The molecule has 0 heterocycles. The highest BCUT2D eigenvalue weighted by Crippen LogP contribution is 2.29. The van der Waals surface area contributed by atoms with Crippen molar-refractivity contribution in [1.29, 1.82) is 5.26 Å². The van der Waals surface area contributed by atoms with Gasteiger partial charge in [0.25, 0.3) is 5.91 Å². The molecule has 0 saturated heterocycles. The van der Waals surface area contributed by atoms with Gasteiger partial charge in [-0.3, -0.25) is 15.6 Å². The number of thiocarbonyl (C=S) groups is 1. The summed E-state index contributed by atoms with van der Waals surface area (Å²) in [5.74, 6) is 1.40. The number of hydrazine groups is 1. The minimum Gasteiger partial charge on any atom is -0.481 e. The van der Waals surface area contributed by atoms with Crippen molar-refractivity contribution in [3.05, 3.63) is 29.8 Å². The fraction of sp³-hybridized carbons (Fsp3) is 0.526. The van der Waals surface area contributed by atoms with Crippen molar-refractivity contribution in [3.63, 3.8) is 0 Å². The summed E-state index contributed by atoms with van der Waals surface area (Å²) in [5, 5.41) is 12.5. The Labute approximate surface area is 160 Å². The molecule has 0 unspecified atom stereocenters. The summed E-state index contributed by atoms with van der Waals surface area (Å²) in [4.78, 5) is 12.1. The maximum absolute atomic E-state index is 12.1. The zero-order valence-electron chi connectivity index (χ0n) is 15.4. The van der Waals surface area contributed by atoms with Crippen LogP contribution in [0, 0.1) is 23.2 Å². The Morgan fingerprint density at radius 1 is 1.27 bits per heavy atom. The summed E-state index contributed by atoms with van der Waals surface area (Å²) in [5.41, 5.74) is 5.86. The van der Waals surface area contributed by atoms with Crippen molar-refractivity contribution in [1.82, 2.24) is 16.2 Å². The Bertz CT molecular complexity index is 671. The highest BCUT2D eigenvalue weighted by molar-refractivity contribution is 7.80. The second-order valence-electron chi connectivity index (χ2n) is 6.86. The fourth-order valence-electron chi connectivity index (χ4n) is 3.08. The summed E-state index contributed by atoms with van der Waals surface area (Å²) in [6, 6.07) is 8.96. The van der Waals surface area contributed by atoms with Gasteiger partial charge in [0.15, 0.2) is 11.2 Å². The highest BCUT2D eigenvalue weighted by atomic mass is 32.1. The smallest absolute Gasteiger partial charge is 0.279 e. The molecule has 4 atom stereocenters. The quantitative estimate of drug-likeness (QED) is 0.555. The standard InChI is InChI=1S/C19H26N4O2S/c1-12-5-4-6-17(13(12)2)21-19(26)23-22-18(24)14(3)25-16-9-7-15(11-20)8-10-16/h7-10,12-14,17H,4-6H2,1-3H3,(H,22,24)(H2,21,23,26)/t12-,13+,14+,17+/m0/s1. The summed E-state index contributed by atoms with van der Waals surface area (Å²) in [6.45, 7) is 6.14. The molecule has 7 heteroatoms. The number of carbonyl (C=O) groups is 1. The van der Waals surface area contributed by atoms with Gasteiger partial charge in [-0.1, -0.05) is 26.7 Å². The van der Waals surface area contributed by atoms with Gasteiger partial charge in [-0.15, -0.1) is 0 Å².